The zero-order valence-corrected chi connectivity index (χ0v) is 13.2. The van der Waals surface area contributed by atoms with Crippen molar-refractivity contribution in [3.8, 4) is 0 Å². The summed E-state index contributed by atoms with van der Waals surface area (Å²) in [5.41, 5.74) is 10.2. The van der Waals surface area contributed by atoms with Crippen LogP contribution in [0.3, 0.4) is 0 Å². The molecule has 2 aromatic heterocycles. The summed E-state index contributed by atoms with van der Waals surface area (Å²) in [6.45, 7) is 2.89. The second kappa shape index (κ2) is 4.98. The van der Waals surface area contributed by atoms with Gasteiger partial charge in [0.15, 0.2) is 0 Å². The molecule has 0 aliphatic carbocycles. The smallest absolute Gasteiger partial charge is 0.0767 e. The topological polar surface area (TPSA) is 48.8 Å². The second-order valence-electron chi connectivity index (χ2n) is 4.91. The van der Waals surface area contributed by atoms with Gasteiger partial charge in [-0.05, 0) is 40.5 Å². The van der Waals surface area contributed by atoms with Gasteiger partial charge in [0.2, 0.25) is 0 Å². The fraction of sp³-hybridized carbons (Fsp3) is 0.267. The van der Waals surface area contributed by atoms with Crippen molar-refractivity contribution in [1.82, 2.24) is 14.3 Å². The molecule has 104 valence electrons. The highest BCUT2D eigenvalue weighted by atomic mass is 79.9. The molecule has 1 aromatic carbocycles. The fourth-order valence-electron chi connectivity index (χ4n) is 2.54. The molecule has 0 unspecified atom stereocenters. The summed E-state index contributed by atoms with van der Waals surface area (Å²) in [4.78, 5) is 0. The van der Waals surface area contributed by atoms with Crippen LogP contribution in [0.1, 0.15) is 18.3 Å². The minimum Gasteiger partial charge on any atom is -0.398 e. The highest BCUT2D eigenvalue weighted by Crippen LogP contribution is 2.26. The zero-order valence-electron chi connectivity index (χ0n) is 11.6. The number of hydrogen-bond acceptors (Lipinski definition) is 2. The maximum atomic E-state index is 6.01. The number of fused-ring (bicyclic) bond motifs is 1. The van der Waals surface area contributed by atoms with E-state index in [9.17, 15) is 0 Å². The Hall–Kier alpha value is -1.75. The molecule has 2 heterocycles. The molecule has 0 aliphatic rings. The number of nitrogens with zero attached hydrogens (tertiary/aromatic N) is 3. The number of aromatic nitrogens is 3. The van der Waals surface area contributed by atoms with E-state index >= 15 is 0 Å². The minimum atomic E-state index is 0.775. The first kappa shape index (κ1) is 13.2. The zero-order chi connectivity index (χ0) is 14.3. The van der Waals surface area contributed by atoms with Gasteiger partial charge in [0.25, 0.3) is 0 Å². The number of nitrogens with two attached hydrogens (primary N) is 1. The molecule has 5 heteroatoms. The van der Waals surface area contributed by atoms with E-state index in [0.717, 1.165) is 39.7 Å². The lowest BCUT2D eigenvalue weighted by molar-refractivity contribution is 0.668. The van der Waals surface area contributed by atoms with Gasteiger partial charge in [0, 0.05) is 24.3 Å². The summed E-state index contributed by atoms with van der Waals surface area (Å²) in [7, 11) is 1.99. The number of rotatable bonds is 3. The van der Waals surface area contributed by atoms with E-state index in [1.165, 1.54) is 5.69 Å². The molecule has 0 aliphatic heterocycles. The number of hydrogen-bond donors (Lipinski definition) is 1. The van der Waals surface area contributed by atoms with E-state index in [0.29, 0.717) is 0 Å². The monoisotopic (exact) mass is 332 g/mol. The lowest BCUT2D eigenvalue weighted by Gasteiger charge is -2.07. The van der Waals surface area contributed by atoms with E-state index in [4.69, 9.17) is 5.73 Å². The summed E-state index contributed by atoms with van der Waals surface area (Å²) in [5, 5.41) is 5.64. The van der Waals surface area contributed by atoms with Crippen LogP contribution < -0.4 is 5.73 Å². The summed E-state index contributed by atoms with van der Waals surface area (Å²) in [5.74, 6) is 0. The van der Waals surface area contributed by atoms with Crippen molar-refractivity contribution in [2.24, 2.45) is 7.05 Å². The van der Waals surface area contributed by atoms with E-state index in [-0.39, 0.29) is 0 Å². The molecule has 0 bridgehead atoms. The molecule has 20 heavy (non-hydrogen) atoms. The lowest BCUT2D eigenvalue weighted by Crippen LogP contribution is -2.05. The Morgan fingerprint density at radius 1 is 1.30 bits per heavy atom. The second-order valence-corrected chi connectivity index (χ2v) is 5.70. The molecule has 0 amide bonds. The predicted octanol–water partition coefficient (Wildman–Crippen LogP) is 3.33. The Bertz CT molecular complexity index is 770. The third kappa shape index (κ3) is 2.02. The van der Waals surface area contributed by atoms with Crippen molar-refractivity contribution >= 4 is 32.5 Å². The Morgan fingerprint density at radius 3 is 2.80 bits per heavy atom. The molecule has 3 rings (SSSR count). The Labute approximate surface area is 126 Å². The van der Waals surface area contributed by atoms with Gasteiger partial charge in [0.05, 0.1) is 27.9 Å². The van der Waals surface area contributed by atoms with E-state index in [1.54, 1.807) is 0 Å². The van der Waals surface area contributed by atoms with E-state index in [2.05, 4.69) is 50.8 Å². The highest BCUT2D eigenvalue weighted by molar-refractivity contribution is 9.10. The standard InChI is InChI=1S/C15H17BrN4/c1-3-12-15(16)14(19(2)18-12)9-20-8-7-10-11(17)5-4-6-13(10)20/h4-8H,3,9,17H2,1-2H3. The van der Waals surface area contributed by atoms with Gasteiger partial charge in [-0.1, -0.05) is 13.0 Å². The van der Waals surface area contributed by atoms with Crippen LogP contribution in [-0.2, 0) is 20.0 Å². The van der Waals surface area contributed by atoms with Crippen molar-refractivity contribution in [3.63, 3.8) is 0 Å². The average molecular weight is 333 g/mol. The van der Waals surface area contributed by atoms with Gasteiger partial charge in [-0.3, -0.25) is 4.68 Å². The molecule has 0 atom stereocenters. The number of benzene rings is 1. The van der Waals surface area contributed by atoms with Crippen molar-refractivity contribution in [2.75, 3.05) is 5.73 Å². The third-order valence-electron chi connectivity index (χ3n) is 3.67. The highest BCUT2D eigenvalue weighted by Gasteiger charge is 2.14. The van der Waals surface area contributed by atoms with Crippen LogP contribution in [0.25, 0.3) is 10.9 Å². The molecule has 2 N–H and O–H groups in total. The molecule has 0 fully saturated rings. The average Bonchev–Trinajstić information content (AvgIpc) is 2.96. The van der Waals surface area contributed by atoms with Crippen LogP contribution in [0.4, 0.5) is 5.69 Å². The Morgan fingerprint density at radius 2 is 2.10 bits per heavy atom. The molecule has 0 saturated carbocycles. The lowest BCUT2D eigenvalue weighted by atomic mass is 10.2. The van der Waals surface area contributed by atoms with Gasteiger partial charge >= 0.3 is 0 Å². The summed E-state index contributed by atoms with van der Waals surface area (Å²) in [6, 6.07) is 8.08. The molecular formula is C15H17BrN4. The molecule has 0 radical (unpaired) electrons. The van der Waals surface area contributed by atoms with E-state index < -0.39 is 0 Å². The van der Waals surface area contributed by atoms with Gasteiger partial charge in [-0.15, -0.1) is 0 Å². The molecule has 3 aromatic rings. The third-order valence-corrected chi connectivity index (χ3v) is 4.59. The van der Waals surface area contributed by atoms with Crippen LogP contribution in [-0.4, -0.2) is 14.3 Å². The van der Waals surface area contributed by atoms with Crippen molar-refractivity contribution in [1.29, 1.82) is 0 Å². The van der Waals surface area contributed by atoms with Crippen LogP contribution in [0.5, 0.6) is 0 Å². The van der Waals surface area contributed by atoms with Crippen LogP contribution in [0, 0.1) is 0 Å². The number of anilines is 1. The number of nitrogen functional groups attached to an aromatic ring is 1. The maximum absolute atomic E-state index is 6.01. The molecule has 0 saturated heterocycles. The van der Waals surface area contributed by atoms with Gasteiger partial charge in [-0.2, -0.15) is 5.10 Å². The molecule has 0 spiro atoms. The first-order chi connectivity index (χ1) is 9.61. The maximum Gasteiger partial charge on any atom is 0.0767 e. The fourth-order valence-corrected chi connectivity index (χ4v) is 3.28. The van der Waals surface area contributed by atoms with Gasteiger partial charge < -0.3 is 10.3 Å². The van der Waals surface area contributed by atoms with Crippen LogP contribution in [0.15, 0.2) is 34.9 Å². The largest absolute Gasteiger partial charge is 0.398 e. The SMILES string of the molecule is CCc1nn(C)c(Cn2ccc3c(N)cccc32)c1Br. The van der Waals surface area contributed by atoms with Gasteiger partial charge in [0.1, 0.15) is 0 Å². The van der Waals surface area contributed by atoms with Crippen LogP contribution in [0.2, 0.25) is 0 Å². The summed E-state index contributed by atoms with van der Waals surface area (Å²) < 4.78 is 5.25. The summed E-state index contributed by atoms with van der Waals surface area (Å²) >= 11 is 3.67. The number of aryl methyl sites for hydroxylation is 2. The first-order valence-electron chi connectivity index (χ1n) is 6.65. The first-order valence-corrected chi connectivity index (χ1v) is 7.44. The van der Waals surface area contributed by atoms with Crippen molar-refractivity contribution < 1.29 is 0 Å². The summed E-state index contributed by atoms with van der Waals surface area (Å²) in [6.07, 6.45) is 3.00. The van der Waals surface area contributed by atoms with E-state index in [1.807, 2.05) is 23.9 Å². The van der Waals surface area contributed by atoms with Crippen LogP contribution >= 0.6 is 15.9 Å². The molecule has 4 nitrogen and oxygen atoms in total. The quantitative estimate of drug-likeness (QED) is 0.748. The minimum absolute atomic E-state index is 0.775. The Balaban J connectivity index is 2.06. The van der Waals surface area contributed by atoms with Gasteiger partial charge in [-0.25, -0.2) is 0 Å². The Kier molecular flexibility index (Phi) is 3.30. The normalized spacial score (nSPS) is 11.3. The van der Waals surface area contributed by atoms with Crippen molar-refractivity contribution in [3.05, 3.63) is 46.3 Å². The number of halogens is 1. The van der Waals surface area contributed by atoms with Crippen molar-refractivity contribution in [2.45, 2.75) is 19.9 Å². The predicted molar refractivity (Wildman–Crippen MR) is 85.7 cm³/mol. The molecular weight excluding hydrogens is 316 g/mol.